The molecular weight excluding hydrogens is 236 g/mol. The number of halogens is 1. The van der Waals surface area contributed by atoms with Crippen LogP contribution in [0.25, 0.3) is 0 Å². The number of nitrogens with zero attached hydrogens (tertiary/aromatic N) is 2. The molecule has 0 radical (unpaired) electrons. The van der Waals surface area contributed by atoms with Crippen LogP contribution < -0.4 is 0 Å². The molecule has 3 nitrogen and oxygen atoms in total. The summed E-state index contributed by atoms with van der Waals surface area (Å²) in [5.74, 6) is 0.853. The minimum absolute atomic E-state index is 0.0729. The van der Waals surface area contributed by atoms with Crippen LogP contribution in [0.5, 0.6) is 0 Å². The highest BCUT2D eigenvalue weighted by Gasteiger charge is 2.22. The smallest absolute Gasteiger partial charge is 0.255 e. The Balaban J connectivity index is 1.99. The second-order valence-electron chi connectivity index (χ2n) is 4.51. The standard InChI is InChI=1S/C13H17ClN2O/c1-2-10-5-7-16(8-6-10)13(17)11-3-4-12(14)15-9-11/h3-4,9-10H,2,5-8H2,1H3. The molecule has 0 saturated carbocycles. The van der Waals surface area contributed by atoms with Crippen molar-refractivity contribution in [1.29, 1.82) is 0 Å². The first-order valence-corrected chi connectivity index (χ1v) is 6.49. The van der Waals surface area contributed by atoms with Crippen molar-refractivity contribution in [3.05, 3.63) is 29.0 Å². The first-order valence-electron chi connectivity index (χ1n) is 6.11. The molecule has 2 heterocycles. The maximum absolute atomic E-state index is 12.1. The summed E-state index contributed by atoms with van der Waals surface area (Å²) in [5.41, 5.74) is 0.629. The van der Waals surface area contributed by atoms with Gasteiger partial charge in [-0.3, -0.25) is 4.79 Å². The Labute approximate surface area is 107 Å². The van der Waals surface area contributed by atoms with E-state index in [1.165, 1.54) is 6.42 Å². The topological polar surface area (TPSA) is 33.2 Å². The quantitative estimate of drug-likeness (QED) is 0.758. The van der Waals surface area contributed by atoms with E-state index >= 15 is 0 Å². The van der Waals surface area contributed by atoms with Gasteiger partial charge in [0.1, 0.15) is 5.15 Å². The van der Waals surface area contributed by atoms with E-state index in [0.29, 0.717) is 10.7 Å². The molecule has 0 aliphatic carbocycles. The average Bonchev–Trinajstić information content (AvgIpc) is 2.39. The highest BCUT2D eigenvalue weighted by molar-refractivity contribution is 6.29. The summed E-state index contributed by atoms with van der Waals surface area (Å²) in [6, 6.07) is 3.40. The van der Waals surface area contributed by atoms with Crippen LogP contribution in [0.15, 0.2) is 18.3 Å². The number of likely N-dealkylation sites (tertiary alicyclic amines) is 1. The van der Waals surface area contributed by atoms with Gasteiger partial charge in [-0.25, -0.2) is 4.98 Å². The Morgan fingerprint density at radius 3 is 2.71 bits per heavy atom. The fourth-order valence-electron chi connectivity index (χ4n) is 2.23. The van der Waals surface area contributed by atoms with E-state index in [1.807, 2.05) is 4.90 Å². The number of hydrogen-bond donors (Lipinski definition) is 0. The molecule has 1 fully saturated rings. The molecule has 0 unspecified atom stereocenters. The molecule has 17 heavy (non-hydrogen) atoms. The van der Waals surface area contributed by atoms with Gasteiger partial charge in [-0.1, -0.05) is 24.9 Å². The predicted molar refractivity (Wildman–Crippen MR) is 68.2 cm³/mol. The molecule has 1 aromatic heterocycles. The number of amides is 1. The number of carbonyl (C=O) groups excluding carboxylic acids is 1. The van der Waals surface area contributed by atoms with E-state index in [9.17, 15) is 4.79 Å². The first kappa shape index (κ1) is 12.4. The second-order valence-corrected chi connectivity index (χ2v) is 4.90. The van der Waals surface area contributed by atoms with Crippen molar-refractivity contribution in [3.8, 4) is 0 Å². The molecule has 1 aliphatic rings. The monoisotopic (exact) mass is 252 g/mol. The lowest BCUT2D eigenvalue weighted by Crippen LogP contribution is -2.38. The number of aromatic nitrogens is 1. The molecule has 0 spiro atoms. The first-order chi connectivity index (χ1) is 8.20. The van der Waals surface area contributed by atoms with E-state index in [1.54, 1.807) is 18.3 Å². The summed E-state index contributed by atoms with van der Waals surface area (Å²) in [6.07, 6.45) is 4.99. The van der Waals surface area contributed by atoms with E-state index in [-0.39, 0.29) is 5.91 Å². The maximum atomic E-state index is 12.1. The third kappa shape index (κ3) is 2.97. The van der Waals surface area contributed by atoms with Gasteiger partial charge in [0, 0.05) is 19.3 Å². The van der Waals surface area contributed by atoms with E-state index in [0.717, 1.165) is 31.8 Å². The Hall–Kier alpha value is -1.09. The number of piperidine rings is 1. The lowest BCUT2D eigenvalue weighted by atomic mass is 9.94. The van der Waals surface area contributed by atoms with Gasteiger partial charge in [-0.05, 0) is 30.9 Å². The largest absolute Gasteiger partial charge is 0.339 e. The molecule has 1 aromatic rings. The van der Waals surface area contributed by atoms with Crippen LogP contribution in [0.1, 0.15) is 36.5 Å². The fraction of sp³-hybridized carbons (Fsp3) is 0.538. The summed E-state index contributed by atoms with van der Waals surface area (Å²) in [5, 5.41) is 0.422. The van der Waals surface area contributed by atoms with Crippen LogP contribution in [0.3, 0.4) is 0 Å². The molecule has 0 bridgehead atoms. The molecule has 2 rings (SSSR count). The molecule has 1 aliphatic heterocycles. The minimum atomic E-state index is 0.0729. The van der Waals surface area contributed by atoms with Gasteiger partial charge in [0.2, 0.25) is 0 Å². The maximum Gasteiger partial charge on any atom is 0.255 e. The Kier molecular flexibility index (Phi) is 4.00. The number of rotatable bonds is 2. The van der Waals surface area contributed by atoms with Crippen LogP contribution >= 0.6 is 11.6 Å². The zero-order valence-electron chi connectivity index (χ0n) is 10.0. The molecule has 0 atom stereocenters. The molecule has 1 amide bonds. The van der Waals surface area contributed by atoms with Crippen LogP contribution in [0.2, 0.25) is 5.15 Å². The highest BCUT2D eigenvalue weighted by atomic mass is 35.5. The minimum Gasteiger partial charge on any atom is -0.339 e. The van der Waals surface area contributed by atoms with Crippen molar-refractivity contribution in [3.63, 3.8) is 0 Å². The zero-order valence-corrected chi connectivity index (χ0v) is 10.8. The lowest BCUT2D eigenvalue weighted by molar-refractivity contribution is 0.0688. The molecule has 0 N–H and O–H groups in total. The third-order valence-corrected chi connectivity index (χ3v) is 3.68. The summed E-state index contributed by atoms with van der Waals surface area (Å²) in [6.45, 7) is 3.94. The molecule has 92 valence electrons. The van der Waals surface area contributed by atoms with Crippen molar-refractivity contribution in [2.75, 3.05) is 13.1 Å². The number of pyridine rings is 1. The van der Waals surface area contributed by atoms with Gasteiger partial charge in [0.25, 0.3) is 5.91 Å². The van der Waals surface area contributed by atoms with Gasteiger partial charge < -0.3 is 4.90 Å². The van der Waals surface area contributed by atoms with Gasteiger partial charge in [-0.2, -0.15) is 0 Å². The van der Waals surface area contributed by atoms with Crippen molar-refractivity contribution in [2.45, 2.75) is 26.2 Å². The lowest BCUT2D eigenvalue weighted by Gasteiger charge is -2.31. The summed E-state index contributed by atoms with van der Waals surface area (Å²) < 4.78 is 0. The highest BCUT2D eigenvalue weighted by Crippen LogP contribution is 2.21. The number of carbonyl (C=O) groups is 1. The van der Waals surface area contributed by atoms with Crippen LogP contribution in [0.4, 0.5) is 0 Å². The molecular formula is C13H17ClN2O. The van der Waals surface area contributed by atoms with Crippen LogP contribution in [-0.4, -0.2) is 28.9 Å². The molecule has 4 heteroatoms. The molecule has 0 aromatic carbocycles. The average molecular weight is 253 g/mol. The third-order valence-electron chi connectivity index (χ3n) is 3.45. The van der Waals surface area contributed by atoms with Gasteiger partial charge in [-0.15, -0.1) is 0 Å². The normalized spacial score (nSPS) is 17.2. The van der Waals surface area contributed by atoms with E-state index in [2.05, 4.69) is 11.9 Å². The number of hydrogen-bond acceptors (Lipinski definition) is 2. The van der Waals surface area contributed by atoms with E-state index in [4.69, 9.17) is 11.6 Å². The SMILES string of the molecule is CCC1CCN(C(=O)c2ccc(Cl)nc2)CC1. The van der Waals surface area contributed by atoms with Crippen molar-refractivity contribution in [1.82, 2.24) is 9.88 Å². The predicted octanol–water partition coefficient (Wildman–Crippen LogP) is 3.00. The Morgan fingerprint density at radius 1 is 1.47 bits per heavy atom. The summed E-state index contributed by atoms with van der Waals surface area (Å²) >= 11 is 5.70. The zero-order chi connectivity index (χ0) is 12.3. The van der Waals surface area contributed by atoms with E-state index < -0.39 is 0 Å². The van der Waals surface area contributed by atoms with Gasteiger partial charge >= 0.3 is 0 Å². The summed E-state index contributed by atoms with van der Waals surface area (Å²) in [7, 11) is 0. The van der Waals surface area contributed by atoms with Crippen molar-refractivity contribution >= 4 is 17.5 Å². The van der Waals surface area contributed by atoms with Gasteiger partial charge in [0.05, 0.1) is 5.56 Å². The second kappa shape index (κ2) is 5.50. The van der Waals surface area contributed by atoms with Gasteiger partial charge in [0.15, 0.2) is 0 Å². The fourth-order valence-corrected chi connectivity index (χ4v) is 2.34. The van der Waals surface area contributed by atoms with Crippen LogP contribution in [-0.2, 0) is 0 Å². The summed E-state index contributed by atoms with van der Waals surface area (Å²) in [4.78, 5) is 18.0. The Morgan fingerprint density at radius 2 is 2.18 bits per heavy atom. The Bertz CT molecular complexity index is 383. The van der Waals surface area contributed by atoms with Crippen LogP contribution in [0, 0.1) is 5.92 Å². The molecule has 1 saturated heterocycles. The van der Waals surface area contributed by atoms with Crippen molar-refractivity contribution < 1.29 is 4.79 Å². The van der Waals surface area contributed by atoms with Crippen molar-refractivity contribution in [2.24, 2.45) is 5.92 Å².